The molecule has 0 fully saturated rings. The first kappa shape index (κ1) is 14.1. The number of hydrogen-bond donors (Lipinski definition) is 1. The second-order valence-electron chi connectivity index (χ2n) is 4.22. The lowest BCUT2D eigenvalue weighted by atomic mass is 10.2. The van der Waals surface area contributed by atoms with Crippen molar-refractivity contribution in [2.45, 2.75) is 13.1 Å². The summed E-state index contributed by atoms with van der Waals surface area (Å²) in [5.41, 5.74) is 1.22. The molecule has 1 aromatic carbocycles. The topological polar surface area (TPSA) is 28.4 Å². The molecule has 2 aromatic rings. The van der Waals surface area contributed by atoms with Gasteiger partial charge in [-0.2, -0.15) is 0 Å². The lowest BCUT2D eigenvalue weighted by Crippen LogP contribution is -2.36. The van der Waals surface area contributed by atoms with Gasteiger partial charge in [-0.3, -0.25) is 0 Å². The summed E-state index contributed by atoms with van der Waals surface area (Å²) >= 11 is 8.76. The van der Waals surface area contributed by atoms with E-state index in [1.807, 2.05) is 36.2 Å². The average molecular weight is 339 g/mol. The number of thiocarbonyl (C=S) groups is 1. The minimum Gasteiger partial charge on any atom is -0.467 e. The summed E-state index contributed by atoms with van der Waals surface area (Å²) in [5, 5.41) is 3.88. The minimum atomic E-state index is 0.608. The Balaban J connectivity index is 1.83. The van der Waals surface area contributed by atoms with Crippen molar-refractivity contribution in [1.82, 2.24) is 10.2 Å². The van der Waals surface area contributed by atoms with Gasteiger partial charge in [-0.25, -0.2) is 0 Å². The third-order valence-electron chi connectivity index (χ3n) is 2.67. The normalized spacial score (nSPS) is 10.2. The molecule has 100 valence electrons. The van der Waals surface area contributed by atoms with Gasteiger partial charge in [-0.1, -0.05) is 28.1 Å². The Labute approximate surface area is 126 Å². The van der Waals surface area contributed by atoms with Crippen molar-refractivity contribution in [2.75, 3.05) is 7.05 Å². The highest BCUT2D eigenvalue weighted by atomic mass is 79.9. The highest BCUT2D eigenvalue weighted by Gasteiger charge is 2.05. The van der Waals surface area contributed by atoms with Crippen LogP contribution in [0.25, 0.3) is 0 Å². The maximum absolute atomic E-state index is 5.34. The van der Waals surface area contributed by atoms with Gasteiger partial charge >= 0.3 is 0 Å². The fourth-order valence-electron chi connectivity index (χ4n) is 1.65. The molecule has 19 heavy (non-hydrogen) atoms. The maximum Gasteiger partial charge on any atom is 0.169 e. The summed E-state index contributed by atoms with van der Waals surface area (Å²) in [4.78, 5) is 2.00. The third kappa shape index (κ3) is 4.36. The molecule has 5 heteroatoms. The van der Waals surface area contributed by atoms with Gasteiger partial charge in [0.2, 0.25) is 0 Å². The number of furan rings is 1. The molecule has 1 heterocycles. The molecule has 0 spiro atoms. The number of rotatable bonds is 4. The van der Waals surface area contributed by atoms with Gasteiger partial charge in [-0.15, -0.1) is 0 Å². The largest absolute Gasteiger partial charge is 0.467 e. The van der Waals surface area contributed by atoms with Crippen molar-refractivity contribution in [2.24, 2.45) is 0 Å². The van der Waals surface area contributed by atoms with Crippen LogP contribution < -0.4 is 5.32 Å². The molecule has 0 saturated carbocycles. The predicted octanol–water partition coefficient (Wildman–Crippen LogP) is 3.55. The average Bonchev–Trinajstić information content (AvgIpc) is 2.91. The lowest BCUT2D eigenvalue weighted by molar-refractivity contribution is 0.468. The van der Waals surface area contributed by atoms with Crippen LogP contribution in [-0.2, 0) is 13.1 Å². The van der Waals surface area contributed by atoms with Crippen LogP contribution in [0, 0.1) is 0 Å². The Morgan fingerprint density at radius 2 is 2.05 bits per heavy atom. The van der Waals surface area contributed by atoms with Gasteiger partial charge in [-0.05, 0) is 42.0 Å². The van der Waals surface area contributed by atoms with Gasteiger partial charge in [0.15, 0.2) is 5.11 Å². The van der Waals surface area contributed by atoms with Crippen LogP contribution in [0.2, 0.25) is 0 Å². The van der Waals surface area contributed by atoms with Crippen LogP contribution in [0.5, 0.6) is 0 Å². The molecule has 1 aromatic heterocycles. The van der Waals surface area contributed by atoms with Crippen molar-refractivity contribution in [3.8, 4) is 0 Å². The molecular weight excluding hydrogens is 324 g/mol. The van der Waals surface area contributed by atoms with E-state index in [0.29, 0.717) is 11.7 Å². The molecule has 3 nitrogen and oxygen atoms in total. The molecule has 2 rings (SSSR count). The molecule has 0 aliphatic heterocycles. The van der Waals surface area contributed by atoms with E-state index >= 15 is 0 Å². The van der Waals surface area contributed by atoms with E-state index in [1.54, 1.807) is 6.26 Å². The zero-order valence-corrected chi connectivity index (χ0v) is 13.0. The first-order valence-electron chi connectivity index (χ1n) is 5.91. The van der Waals surface area contributed by atoms with E-state index in [2.05, 4.69) is 33.4 Å². The molecule has 0 unspecified atom stereocenters. The highest BCUT2D eigenvalue weighted by molar-refractivity contribution is 9.10. The van der Waals surface area contributed by atoms with E-state index in [9.17, 15) is 0 Å². The molecule has 0 aliphatic rings. The van der Waals surface area contributed by atoms with E-state index < -0.39 is 0 Å². The third-order valence-corrected chi connectivity index (χ3v) is 3.66. The second-order valence-corrected chi connectivity index (χ2v) is 5.52. The van der Waals surface area contributed by atoms with Gasteiger partial charge in [0.1, 0.15) is 5.76 Å². The van der Waals surface area contributed by atoms with Crippen LogP contribution in [0.4, 0.5) is 0 Å². The zero-order chi connectivity index (χ0) is 13.7. The van der Waals surface area contributed by atoms with Gasteiger partial charge in [0.05, 0.1) is 12.8 Å². The SMILES string of the molecule is CN(Cc1ccc(Br)cc1)C(=S)NCc1ccco1. The zero-order valence-electron chi connectivity index (χ0n) is 10.6. The number of hydrogen-bond acceptors (Lipinski definition) is 2. The molecular formula is C14H15BrN2OS. The van der Waals surface area contributed by atoms with Crippen molar-refractivity contribution < 1.29 is 4.42 Å². The first-order chi connectivity index (χ1) is 9.15. The molecule has 0 aliphatic carbocycles. The van der Waals surface area contributed by atoms with Crippen LogP contribution in [-0.4, -0.2) is 17.1 Å². The Hall–Kier alpha value is -1.33. The molecule has 1 N–H and O–H groups in total. The Bertz CT molecular complexity index is 525. The number of benzene rings is 1. The van der Waals surface area contributed by atoms with Crippen LogP contribution >= 0.6 is 28.1 Å². The van der Waals surface area contributed by atoms with Crippen LogP contribution in [0.1, 0.15) is 11.3 Å². The summed E-state index contributed by atoms with van der Waals surface area (Å²) in [6.45, 7) is 1.38. The second kappa shape index (κ2) is 6.73. The fourth-order valence-corrected chi connectivity index (χ4v) is 2.05. The molecule has 0 saturated heterocycles. The monoisotopic (exact) mass is 338 g/mol. The summed E-state index contributed by atoms with van der Waals surface area (Å²) < 4.78 is 6.33. The molecule has 0 radical (unpaired) electrons. The number of nitrogens with zero attached hydrogens (tertiary/aromatic N) is 1. The molecule has 0 amide bonds. The van der Waals surface area contributed by atoms with E-state index in [4.69, 9.17) is 16.6 Å². The summed E-state index contributed by atoms with van der Waals surface area (Å²) in [6, 6.07) is 12.0. The Morgan fingerprint density at radius 3 is 2.68 bits per heavy atom. The van der Waals surface area contributed by atoms with Crippen molar-refractivity contribution in [3.63, 3.8) is 0 Å². The van der Waals surface area contributed by atoms with E-state index in [1.165, 1.54) is 5.56 Å². The number of halogens is 1. The summed E-state index contributed by atoms with van der Waals surface area (Å²) in [6.07, 6.45) is 1.66. The van der Waals surface area contributed by atoms with Gasteiger partial charge < -0.3 is 14.6 Å². The van der Waals surface area contributed by atoms with E-state index in [0.717, 1.165) is 16.8 Å². The summed E-state index contributed by atoms with van der Waals surface area (Å²) in [7, 11) is 1.97. The predicted molar refractivity (Wildman–Crippen MR) is 83.8 cm³/mol. The number of nitrogens with one attached hydrogen (secondary N) is 1. The van der Waals surface area contributed by atoms with Crippen molar-refractivity contribution >= 4 is 33.3 Å². The Kier molecular flexibility index (Phi) is 4.99. The minimum absolute atomic E-state index is 0.608. The molecule has 0 atom stereocenters. The maximum atomic E-state index is 5.34. The standard InChI is InChI=1S/C14H15BrN2OS/c1-17(10-11-4-6-12(15)7-5-11)14(19)16-9-13-3-2-8-18-13/h2-8H,9-10H2,1H3,(H,16,19). The fraction of sp³-hybridized carbons (Fsp3) is 0.214. The Morgan fingerprint density at radius 1 is 1.32 bits per heavy atom. The van der Waals surface area contributed by atoms with Gasteiger partial charge in [0.25, 0.3) is 0 Å². The van der Waals surface area contributed by atoms with Crippen LogP contribution in [0.3, 0.4) is 0 Å². The van der Waals surface area contributed by atoms with Crippen LogP contribution in [0.15, 0.2) is 51.6 Å². The smallest absolute Gasteiger partial charge is 0.169 e. The summed E-state index contributed by atoms with van der Waals surface area (Å²) in [5.74, 6) is 0.874. The van der Waals surface area contributed by atoms with Gasteiger partial charge in [0, 0.05) is 18.1 Å². The quantitative estimate of drug-likeness (QED) is 0.863. The van der Waals surface area contributed by atoms with E-state index in [-0.39, 0.29) is 0 Å². The van der Waals surface area contributed by atoms with Crippen molar-refractivity contribution in [1.29, 1.82) is 0 Å². The lowest BCUT2D eigenvalue weighted by Gasteiger charge is -2.20. The first-order valence-corrected chi connectivity index (χ1v) is 7.11. The molecule has 0 bridgehead atoms. The van der Waals surface area contributed by atoms with Crippen molar-refractivity contribution in [3.05, 3.63) is 58.5 Å². The highest BCUT2D eigenvalue weighted by Crippen LogP contribution is 2.11.